The quantitative estimate of drug-likeness (QED) is 0.742. The zero-order chi connectivity index (χ0) is 12.8. The van der Waals surface area contributed by atoms with Gasteiger partial charge >= 0.3 is 5.97 Å². The number of aliphatic hydroxyl groups is 1. The fourth-order valence-electron chi connectivity index (χ4n) is 2.54. The summed E-state index contributed by atoms with van der Waals surface area (Å²) in [5.41, 5.74) is 0. The Labute approximate surface area is 104 Å². The Morgan fingerprint density at radius 2 is 2.18 bits per heavy atom. The Balaban J connectivity index is 2.60. The summed E-state index contributed by atoms with van der Waals surface area (Å²) in [6, 6.07) is -0.142. The van der Waals surface area contributed by atoms with Crippen LogP contribution in [0, 0.1) is 5.92 Å². The standard InChI is InChI=1S/C13H25NO3/c1-4-10-9-14(8-7-12(10)15)11(5-2)13(16)17-6-3/h10-12,15H,4-9H2,1-3H3. The Bertz CT molecular complexity index is 245. The number of hydrogen-bond acceptors (Lipinski definition) is 4. The number of aliphatic hydroxyl groups excluding tert-OH is 1. The van der Waals surface area contributed by atoms with Gasteiger partial charge in [0.2, 0.25) is 0 Å². The molecular weight excluding hydrogens is 218 g/mol. The smallest absolute Gasteiger partial charge is 0.323 e. The largest absolute Gasteiger partial charge is 0.465 e. The van der Waals surface area contributed by atoms with E-state index < -0.39 is 0 Å². The molecule has 0 aliphatic carbocycles. The van der Waals surface area contributed by atoms with Gasteiger partial charge < -0.3 is 9.84 Å². The lowest BCUT2D eigenvalue weighted by atomic mass is 9.91. The molecule has 17 heavy (non-hydrogen) atoms. The fourth-order valence-corrected chi connectivity index (χ4v) is 2.54. The summed E-state index contributed by atoms with van der Waals surface area (Å²) in [6.07, 6.45) is 2.27. The second kappa shape index (κ2) is 6.97. The molecule has 1 saturated heterocycles. The highest BCUT2D eigenvalue weighted by atomic mass is 16.5. The first-order chi connectivity index (χ1) is 8.13. The first-order valence-corrected chi connectivity index (χ1v) is 6.72. The SMILES string of the molecule is CCOC(=O)C(CC)N1CCC(O)C(CC)C1. The minimum Gasteiger partial charge on any atom is -0.465 e. The molecule has 1 aliphatic heterocycles. The molecular formula is C13H25NO3. The van der Waals surface area contributed by atoms with Crippen LogP contribution < -0.4 is 0 Å². The molecule has 3 unspecified atom stereocenters. The molecule has 0 aromatic rings. The number of carbonyl (C=O) groups is 1. The zero-order valence-corrected chi connectivity index (χ0v) is 11.2. The van der Waals surface area contributed by atoms with Gasteiger partial charge in [-0.25, -0.2) is 0 Å². The summed E-state index contributed by atoms with van der Waals surface area (Å²) in [5.74, 6) is 0.161. The molecule has 0 radical (unpaired) electrons. The average Bonchev–Trinajstić information content (AvgIpc) is 2.32. The van der Waals surface area contributed by atoms with Gasteiger partial charge in [-0.3, -0.25) is 9.69 Å². The Morgan fingerprint density at radius 3 is 2.71 bits per heavy atom. The summed E-state index contributed by atoms with van der Waals surface area (Å²) in [6.45, 7) is 7.95. The maximum absolute atomic E-state index is 11.8. The van der Waals surface area contributed by atoms with Crippen molar-refractivity contribution in [3.8, 4) is 0 Å². The summed E-state index contributed by atoms with van der Waals surface area (Å²) in [7, 11) is 0. The summed E-state index contributed by atoms with van der Waals surface area (Å²) in [4.78, 5) is 14.0. The molecule has 0 aromatic carbocycles. The predicted molar refractivity (Wildman–Crippen MR) is 66.7 cm³/mol. The van der Waals surface area contributed by atoms with Gasteiger partial charge in [0.05, 0.1) is 12.7 Å². The fraction of sp³-hybridized carbons (Fsp3) is 0.923. The molecule has 0 aromatic heterocycles. The number of ether oxygens (including phenoxy) is 1. The summed E-state index contributed by atoms with van der Waals surface area (Å²) < 4.78 is 5.10. The van der Waals surface area contributed by atoms with E-state index in [1.165, 1.54) is 0 Å². The molecule has 100 valence electrons. The van der Waals surface area contributed by atoms with E-state index in [4.69, 9.17) is 4.74 Å². The number of likely N-dealkylation sites (tertiary alicyclic amines) is 1. The normalized spacial score (nSPS) is 27.8. The van der Waals surface area contributed by atoms with Crippen LogP contribution in [0.2, 0.25) is 0 Å². The van der Waals surface area contributed by atoms with Crippen LogP contribution in [-0.4, -0.2) is 47.8 Å². The van der Waals surface area contributed by atoms with E-state index in [0.717, 1.165) is 32.4 Å². The molecule has 1 fully saturated rings. The van der Waals surface area contributed by atoms with Crippen LogP contribution in [0.3, 0.4) is 0 Å². The highest BCUT2D eigenvalue weighted by Gasteiger charge is 2.33. The van der Waals surface area contributed by atoms with Crippen molar-refractivity contribution in [3.05, 3.63) is 0 Å². The lowest BCUT2D eigenvalue weighted by molar-refractivity contribution is -0.151. The van der Waals surface area contributed by atoms with Crippen LogP contribution in [0.1, 0.15) is 40.0 Å². The van der Waals surface area contributed by atoms with Crippen molar-refractivity contribution in [1.82, 2.24) is 4.90 Å². The minimum absolute atomic E-state index is 0.124. The van der Waals surface area contributed by atoms with E-state index in [9.17, 15) is 9.90 Å². The summed E-state index contributed by atoms with van der Waals surface area (Å²) >= 11 is 0. The van der Waals surface area contributed by atoms with Crippen molar-refractivity contribution in [2.24, 2.45) is 5.92 Å². The molecule has 1 rings (SSSR count). The van der Waals surface area contributed by atoms with Crippen LogP contribution in [-0.2, 0) is 9.53 Å². The lowest BCUT2D eigenvalue weighted by Crippen LogP contribution is -2.50. The van der Waals surface area contributed by atoms with Crippen molar-refractivity contribution < 1.29 is 14.6 Å². The van der Waals surface area contributed by atoms with Gasteiger partial charge in [-0.15, -0.1) is 0 Å². The lowest BCUT2D eigenvalue weighted by Gasteiger charge is -2.39. The monoisotopic (exact) mass is 243 g/mol. The molecule has 0 bridgehead atoms. The van der Waals surface area contributed by atoms with Crippen molar-refractivity contribution in [2.75, 3.05) is 19.7 Å². The molecule has 1 heterocycles. The average molecular weight is 243 g/mol. The van der Waals surface area contributed by atoms with Crippen LogP contribution in [0.15, 0.2) is 0 Å². The van der Waals surface area contributed by atoms with Crippen LogP contribution >= 0.6 is 0 Å². The van der Waals surface area contributed by atoms with E-state index in [2.05, 4.69) is 11.8 Å². The predicted octanol–water partition coefficient (Wildman–Crippen LogP) is 1.42. The maximum Gasteiger partial charge on any atom is 0.323 e. The second-order valence-corrected chi connectivity index (χ2v) is 4.70. The third kappa shape index (κ3) is 3.68. The molecule has 1 aliphatic rings. The minimum atomic E-state index is -0.212. The number of nitrogens with zero attached hydrogens (tertiary/aromatic N) is 1. The van der Waals surface area contributed by atoms with Crippen LogP contribution in [0.4, 0.5) is 0 Å². The first-order valence-electron chi connectivity index (χ1n) is 6.72. The van der Waals surface area contributed by atoms with Crippen LogP contribution in [0.5, 0.6) is 0 Å². The van der Waals surface area contributed by atoms with Gasteiger partial charge in [0.1, 0.15) is 6.04 Å². The van der Waals surface area contributed by atoms with E-state index in [1.807, 2.05) is 13.8 Å². The number of carbonyl (C=O) groups excluding carboxylic acids is 1. The van der Waals surface area contributed by atoms with Gasteiger partial charge in [0, 0.05) is 13.1 Å². The van der Waals surface area contributed by atoms with Gasteiger partial charge in [0.15, 0.2) is 0 Å². The van der Waals surface area contributed by atoms with Crippen molar-refractivity contribution in [2.45, 2.75) is 52.2 Å². The number of esters is 1. The number of rotatable bonds is 5. The molecule has 4 heteroatoms. The first kappa shape index (κ1) is 14.5. The molecule has 4 nitrogen and oxygen atoms in total. The molecule has 0 amide bonds. The summed E-state index contributed by atoms with van der Waals surface area (Å²) in [5, 5.41) is 9.84. The third-order valence-corrected chi connectivity index (χ3v) is 3.64. The van der Waals surface area contributed by atoms with Crippen molar-refractivity contribution in [1.29, 1.82) is 0 Å². The Morgan fingerprint density at radius 1 is 1.47 bits per heavy atom. The third-order valence-electron chi connectivity index (χ3n) is 3.64. The highest BCUT2D eigenvalue weighted by molar-refractivity contribution is 5.75. The number of piperidine rings is 1. The van der Waals surface area contributed by atoms with E-state index in [1.54, 1.807) is 0 Å². The van der Waals surface area contributed by atoms with E-state index >= 15 is 0 Å². The van der Waals surface area contributed by atoms with Crippen molar-refractivity contribution in [3.63, 3.8) is 0 Å². The Kier molecular flexibility index (Phi) is 5.92. The van der Waals surface area contributed by atoms with E-state index in [0.29, 0.717) is 6.61 Å². The molecule has 0 saturated carbocycles. The van der Waals surface area contributed by atoms with E-state index in [-0.39, 0.29) is 24.0 Å². The Hall–Kier alpha value is -0.610. The van der Waals surface area contributed by atoms with Gasteiger partial charge in [-0.05, 0) is 32.1 Å². The van der Waals surface area contributed by atoms with Gasteiger partial charge in [0.25, 0.3) is 0 Å². The van der Waals surface area contributed by atoms with Crippen LogP contribution in [0.25, 0.3) is 0 Å². The molecule has 0 spiro atoms. The van der Waals surface area contributed by atoms with Crippen molar-refractivity contribution >= 4 is 5.97 Å². The topological polar surface area (TPSA) is 49.8 Å². The van der Waals surface area contributed by atoms with Gasteiger partial charge in [-0.1, -0.05) is 13.8 Å². The van der Waals surface area contributed by atoms with Gasteiger partial charge in [-0.2, -0.15) is 0 Å². The zero-order valence-electron chi connectivity index (χ0n) is 11.2. The number of hydrogen-bond donors (Lipinski definition) is 1. The maximum atomic E-state index is 11.8. The molecule has 1 N–H and O–H groups in total. The second-order valence-electron chi connectivity index (χ2n) is 4.70. The molecule has 3 atom stereocenters. The highest BCUT2D eigenvalue weighted by Crippen LogP contribution is 2.23.